The van der Waals surface area contributed by atoms with Gasteiger partial charge in [-0.3, -0.25) is 4.90 Å². The Morgan fingerprint density at radius 2 is 1.73 bits per heavy atom. The zero-order valence-corrected chi connectivity index (χ0v) is 13.0. The molecule has 4 heteroatoms. The highest BCUT2D eigenvalue weighted by Crippen LogP contribution is 2.25. The molecular weight excluding hydrogens is 274 g/mol. The van der Waals surface area contributed by atoms with Crippen LogP contribution >= 0.6 is 0 Å². The smallest absolute Gasteiger partial charge is 0.140 e. The van der Waals surface area contributed by atoms with E-state index >= 15 is 0 Å². The Balaban J connectivity index is 1.37. The highest BCUT2D eigenvalue weighted by Gasteiger charge is 2.23. The molecule has 0 N–H and O–H groups in total. The number of aromatic nitrogens is 1. The standard InChI is InChI=1S/C18H23N3O/c1-2-6-15(7-3-1)21-12-10-20(11-13-21)14-17-16-8-4-5-9-18(16)22-19-17/h1-3,6-7H,4-5,8-14H2. The number of hydrogen-bond donors (Lipinski definition) is 0. The van der Waals surface area contributed by atoms with E-state index in [2.05, 4.69) is 45.3 Å². The fourth-order valence-electron chi connectivity index (χ4n) is 3.59. The molecule has 2 aliphatic rings. The quantitative estimate of drug-likeness (QED) is 0.872. The lowest BCUT2D eigenvalue weighted by atomic mass is 9.96. The summed E-state index contributed by atoms with van der Waals surface area (Å²) in [7, 11) is 0. The molecule has 1 aliphatic carbocycles. The number of anilines is 1. The van der Waals surface area contributed by atoms with Gasteiger partial charge in [-0.05, 0) is 31.4 Å². The van der Waals surface area contributed by atoms with E-state index in [0.29, 0.717) is 0 Å². The molecule has 1 aliphatic heterocycles. The van der Waals surface area contributed by atoms with E-state index in [0.717, 1.165) is 51.3 Å². The predicted molar refractivity (Wildman–Crippen MR) is 87.1 cm³/mol. The lowest BCUT2D eigenvalue weighted by molar-refractivity contribution is 0.241. The van der Waals surface area contributed by atoms with Crippen LogP contribution in [0.3, 0.4) is 0 Å². The number of aryl methyl sites for hydroxylation is 1. The van der Waals surface area contributed by atoms with Gasteiger partial charge >= 0.3 is 0 Å². The second-order valence-electron chi connectivity index (χ2n) is 6.34. The number of fused-ring (bicyclic) bond motifs is 1. The second kappa shape index (κ2) is 6.13. The number of rotatable bonds is 3. The minimum absolute atomic E-state index is 0.946. The summed E-state index contributed by atoms with van der Waals surface area (Å²) in [5, 5.41) is 4.34. The summed E-state index contributed by atoms with van der Waals surface area (Å²) in [4.78, 5) is 4.97. The molecule has 1 aromatic heterocycles. The third-order valence-electron chi connectivity index (χ3n) is 4.90. The van der Waals surface area contributed by atoms with Gasteiger partial charge in [-0.15, -0.1) is 0 Å². The van der Waals surface area contributed by atoms with Gasteiger partial charge in [-0.25, -0.2) is 0 Å². The first-order valence-electron chi connectivity index (χ1n) is 8.39. The van der Waals surface area contributed by atoms with E-state index < -0.39 is 0 Å². The molecule has 1 fully saturated rings. The van der Waals surface area contributed by atoms with Gasteiger partial charge in [-0.2, -0.15) is 0 Å². The zero-order chi connectivity index (χ0) is 14.8. The van der Waals surface area contributed by atoms with Crippen molar-refractivity contribution in [3.05, 3.63) is 47.3 Å². The molecule has 0 bridgehead atoms. The van der Waals surface area contributed by atoms with E-state index in [-0.39, 0.29) is 0 Å². The first-order chi connectivity index (χ1) is 10.9. The van der Waals surface area contributed by atoms with Crippen molar-refractivity contribution < 1.29 is 4.52 Å². The first-order valence-corrected chi connectivity index (χ1v) is 8.39. The van der Waals surface area contributed by atoms with Gasteiger partial charge in [0.05, 0.1) is 0 Å². The van der Waals surface area contributed by atoms with Crippen LogP contribution in [0.1, 0.15) is 29.9 Å². The molecule has 1 aromatic carbocycles. The van der Waals surface area contributed by atoms with Crippen LogP contribution in [0.4, 0.5) is 5.69 Å². The Bertz CT molecular complexity index is 615. The molecule has 0 unspecified atom stereocenters. The minimum Gasteiger partial charge on any atom is -0.369 e. The number of hydrogen-bond acceptors (Lipinski definition) is 4. The maximum atomic E-state index is 5.53. The van der Waals surface area contributed by atoms with Crippen molar-refractivity contribution in [2.75, 3.05) is 31.1 Å². The second-order valence-corrected chi connectivity index (χ2v) is 6.34. The highest BCUT2D eigenvalue weighted by atomic mass is 16.5. The van der Waals surface area contributed by atoms with Crippen LogP contribution in [0.5, 0.6) is 0 Å². The lowest BCUT2D eigenvalue weighted by Gasteiger charge is -2.35. The molecular formula is C18H23N3O. The maximum Gasteiger partial charge on any atom is 0.140 e. The van der Waals surface area contributed by atoms with E-state index in [1.807, 2.05) is 0 Å². The van der Waals surface area contributed by atoms with Gasteiger partial charge < -0.3 is 9.42 Å². The molecule has 0 atom stereocenters. The summed E-state index contributed by atoms with van der Waals surface area (Å²) in [6.07, 6.45) is 4.75. The van der Waals surface area contributed by atoms with Crippen molar-refractivity contribution in [1.82, 2.24) is 10.1 Å². The highest BCUT2D eigenvalue weighted by molar-refractivity contribution is 5.46. The lowest BCUT2D eigenvalue weighted by Crippen LogP contribution is -2.46. The average Bonchev–Trinajstić information content (AvgIpc) is 3.00. The number of benzene rings is 1. The molecule has 22 heavy (non-hydrogen) atoms. The summed E-state index contributed by atoms with van der Waals surface area (Å²) < 4.78 is 5.53. The van der Waals surface area contributed by atoms with Crippen LogP contribution in [0, 0.1) is 0 Å². The Kier molecular flexibility index (Phi) is 3.85. The third kappa shape index (κ3) is 2.75. The molecule has 2 aromatic rings. The molecule has 0 spiro atoms. The van der Waals surface area contributed by atoms with Crippen molar-refractivity contribution in [2.45, 2.75) is 32.2 Å². The molecule has 2 heterocycles. The summed E-state index contributed by atoms with van der Waals surface area (Å²) >= 11 is 0. The van der Waals surface area contributed by atoms with Gasteiger partial charge in [0.1, 0.15) is 11.5 Å². The van der Waals surface area contributed by atoms with Gasteiger partial charge in [0.25, 0.3) is 0 Å². The fraction of sp³-hybridized carbons (Fsp3) is 0.500. The average molecular weight is 297 g/mol. The van der Waals surface area contributed by atoms with Gasteiger partial charge in [0, 0.05) is 50.4 Å². The molecule has 4 nitrogen and oxygen atoms in total. The van der Waals surface area contributed by atoms with Crippen LogP contribution in [0.15, 0.2) is 34.9 Å². The fourth-order valence-corrected chi connectivity index (χ4v) is 3.59. The molecule has 116 valence electrons. The van der Waals surface area contributed by atoms with Crippen LogP contribution in [-0.2, 0) is 19.4 Å². The van der Waals surface area contributed by atoms with Crippen LogP contribution < -0.4 is 4.90 Å². The van der Waals surface area contributed by atoms with E-state index in [4.69, 9.17) is 4.52 Å². The summed E-state index contributed by atoms with van der Waals surface area (Å²) in [5.41, 5.74) is 3.92. The molecule has 0 saturated carbocycles. The number of nitrogens with zero attached hydrogens (tertiary/aromatic N) is 3. The zero-order valence-electron chi connectivity index (χ0n) is 13.0. The maximum absolute atomic E-state index is 5.53. The van der Waals surface area contributed by atoms with E-state index in [9.17, 15) is 0 Å². The normalized spacial score (nSPS) is 19.2. The third-order valence-corrected chi connectivity index (χ3v) is 4.90. The Morgan fingerprint density at radius 3 is 2.55 bits per heavy atom. The topological polar surface area (TPSA) is 32.5 Å². The van der Waals surface area contributed by atoms with Crippen molar-refractivity contribution >= 4 is 5.69 Å². The summed E-state index contributed by atoms with van der Waals surface area (Å²) in [6, 6.07) is 10.7. The molecule has 4 rings (SSSR count). The summed E-state index contributed by atoms with van der Waals surface area (Å²) in [5.74, 6) is 1.14. The SMILES string of the molecule is c1ccc(N2CCN(Cc3noc4c3CCCC4)CC2)cc1. The van der Waals surface area contributed by atoms with Crippen LogP contribution in [0.25, 0.3) is 0 Å². The van der Waals surface area contributed by atoms with E-state index in [1.54, 1.807) is 0 Å². The number of para-hydroxylation sites is 1. The van der Waals surface area contributed by atoms with Crippen molar-refractivity contribution in [1.29, 1.82) is 0 Å². The minimum atomic E-state index is 0.946. The monoisotopic (exact) mass is 297 g/mol. The first kappa shape index (κ1) is 13.8. The summed E-state index contributed by atoms with van der Waals surface area (Å²) in [6.45, 7) is 5.31. The van der Waals surface area contributed by atoms with E-state index in [1.165, 1.54) is 29.8 Å². The predicted octanol–water partition coefficient (Wildman–Crippen LogP) is 2.88. The number of piperazine rings is 1. The molecule has 1 saturated heterocycles. The van der Waals surface area contributed by atoms with Crippen molar-refractivity contribution in [3.8, 4) is 0 Å². The van der Waals surface area contributed by atoms with Crippen LogP contribution in [-0.4, -0.2) is 36.2 Å². The van der Waals surface area contributed by atoms with Crippen molar-refractivity contribution in [2.24, 2.45) is 0 Å². The molecule has 0 amide bonds. The van der Waals surface area contributed by atoms with Gasteiger partial charge in [-0.1, -0.05) is 23.4 Å². The van der Waals surface area contributed by atoms with Gasteiger partial charge in [0.2, 0.25) is 0 Å². The van der Waals surface area contributed by atoms with Crippen molar-refractivity contribution in [3.63, 3.8) is 0 Å². The van der Waals surface area contributed by atoms with Gasteiger partial charge in [0.15, 0.2) is 0 Å². The molecule has 0 radical (unpaired) electrons. The largest absolute Gasteiger partial charge is 0.369 e. The Labute approximate surface area is 131 Å². The Morgan fingerprint density at radius 1 is 0.955 bits per heavy atom. The van der Waals surface area contributed by atoms with Crippen LogP contribution in [0.2, 0.25) is 0 Å². The Hall–Kier alpha value is -1.81.